The van der Waals surface area contributed by atoms with Gasteiger partial charge >= 0.3 is 0 Å². The molecule has 0 atom stereocenters. The highest BCUT2D eigenvalue weighted by atomic mass is 35.5. The molecule has 4 nitrogen and oxygen atoms in total. The van der Waals surface area contributed by atoms with Gasteiger partial charge in [0.25, 0.3) is 0 Å². The molecular weight excluding hydrogens is 300 g/mol. The molecule has 2 rings (SSSR count). The quantitative estimate of drug-likeness (QED) is 0.855. The third kappa shape index (κ3) is 4.73. The van der Waals surface area contributed by atoms with E-state index in [1.165, 1.54) is 0 Å². The molecule has 5 heteroatoms. The van der Waals surface area contributed by atoms with E-state index in [2.05, 4.69) is 0 Å². The summed E-state index contributed by atoms with van der Waals surface area (Å²) in [6, 6.07) is 7.37. The van der Waals surface area contributed by atoms with Crippen molar-refractivity contribution in [2.75, 3.05) is 26.2 Å². The molecule has 120 valence electrons. The predicted octanol–water partition coefficient (Wildman–Crippen LogP) is 2.74. The highest BCUT2D eigenvalue weighted by Gasteiger charge is 2.21. The van der Waals surface area contributed by atoms with Gasteiger partial charge in [0.2, 0.25) is 11.8 Å². The van der Waals surface area contributed by atoms with Gasteiger partial charge < -0.3 is 9.80 Å². The van der Waals surface area contributed by atoms with Crippen LogP contribution in [-0.2, 0) is 16.0 Å². The molecule has 1 fully saturated rings. The van der Waals surface area contributed by atoms with Crippen molar-refractivity contribution in [3.63, 3.8) is 0 Å². The Hall–Kier alpha value is -1.55. The molecule has 1 aliphatic rings. The number of rotatable bonds is 4. The Labute approximate surface area is 137 Å². The second-order valence-electron chi connectivity index (χ2n) is 5.67. The SMILES string of the molecule is CCCC(=O)N1CCCN(C(=O)Cc2ccc(Cl)cc2)CC1. The van der Waals surface area contributed by atoms with E-state index in [0.29, 0.717) is 31.0 Å². The fourth-order valence-corrected chi connectivity index (χ4v) is 2.80. The standard InChI is InChI=1S/C17H23ClN2O2/c1-2-4-16(21)19-9-3-10-20(12-11-19)17(22)13-14-5-7-15(18)8-6-14/h5-8H,2-4,9-13H2,1H3. The van der Waals surface area contributed by atoms with E-state index >= 15 is 0 Å². The van der Waals surface area contributed by atoms with E-state index in [1.54, 1.807) is 12.1 Å². The number of hydrogen-bond donors (Lipinski definition) is 0. The van der Waals surface area contributed by atoms with Crippen molar-refractivity contribution >= 4 is 23.4 Å². The predicted molar refractivity (Wildman–Crippen MR) is 87.8 cm³/mol. The van der Waals surface area contributed by atoms with Gasteiger partial charge in [0.1, 0.15) is 0 Å². The summed E-state index contributed by atoms with van der Waals surface area (Å²) in [5, 5.41) is 0.677. The van der Waals surface area contributed by atoms with Gasteiger partial charge in [-0.3, -0.25) is 9.59 Å². The molecule has 0 aliphatic carbocycles. The van der Waals surface area contributed by atoms with Crippen LogP contribution in [0.25, 0.3) is 0 Å². The molecule has 0 bridgehead atoms. The van der Waals surface area contributed by atoms with Gasteiger partial charge in [-0.2, -0.15) is 0 Å². The first-order valence-electron chi connectivity index (χ1n) is 7.90. The van der Waals surface area contributed by atoms with Crippen LogP contribution in [0, 0.1) is 0 Å². The molecule has 1 saturated heterocycles. The van der Waals surface area contributed by atoms with Gasteiger partial charge in [-0.1, -0.05) is 30.7 Å². The number of hydrogen-bond acceptors (Lipinski definition) is 2. The van der Waals surface area contributed by atoms with Crippen LogP contribution in [0.15, 0.2) is 24.3 Å². The number of carbonyl (C=O) groups is 2. The van der Waals surface area contributed by atoms with Crippen LogP contribution in [0.2, 0.25) is 5.02 Å². The summed E-state index contributed by atoms with van der Waals surface area (Å²) >= 11 is 5.86. The Kier molecular flexibility index (Phi) is 6.25. The van der Waals surface area contributed by atoms with Gasteiger partial charge in [0.05, 0.1) is 6.42 Å². The van der Waals surface area contributed by atoms with Crippen molar-refractivity contribution in [1.82, 2.24) is 9.80 Å². The first-order chi connectivity index (χ1) is 10.6. The van der Waals surface area contributed by atoms with Crippen molar-refractivity contribution < 1.29 is 9.59 Å². The Balaban J connectivity index is 1.88. The van der Waals surface area contributed by atoms with Gasteiger partial charge in [0.15, 0.2) is 0 Å². The minimum absolute atomic E-state index is 0.118. The third-order valence-electron chi connectivity index (χ3n) is 3.93. The van der Waals surface area contributed by atoms with Crippen LogP contribution >= 0.6 is 11.6 Å². The first kappa shape index (κ1) is 16.8. The van der Waals surface area contributed by atoms with Crippen LogP contribution < -0.4 is 0 Å². The number of amides is 2. The largest absolute Gasteiger partial charge is 0.341 e. The minimum atomic E-state index is 0.118. The van der Waals surface area contributed by atoms with E-state index in [9.17, 15) is 9.59 Å². The topological polar surface area (TPSA) is 40.6 Å². The summed E-state index contributed by atoms with van der Waals surface area (Å²) in [4.78, 5) is 28.1. The molecule has 0 spiro atoms. The van der Waals surface area contributed by atoms with Crippen molar-refractivity contribution in [3.05, 3.63) is 34.9 Å². The van der Waals surface area contributed by atoms with Crippen molar-refractivity contribution in [2.45, 2.75) is 32.6 Å². The Bertz CT molecular complexity index is 516. The van der Waals surface area contributed by atoms with E-state index in [4.69, 9.17) is 11.6 Å². The average molecular weight is 323 g/mol. The maximum atomic E-state index is 12.4. The van der Waals surface area contributed by atoms with E-state index in [-0.39, 0.29) is 11.8 Å². The van der Waals surface area contributed by atoms with Gasteiger partial charge in [0, 0.05) is 37.6 Å². The van der Waals surface area contributed by atoms with Crippen LogP contribution in [0.5, 0.6) is 0 Å². The Morgan fingerprint density at radius 1 is 1.00 bits per heavy atom. The summed E-state index contributed by atoms with van der Waals surface area (Å²) in [6.45, 7) is 4.76. The molecule has 0 N–H and O–H groups in total. The molecule has 1 heterocycles. The second-order valence-corrected chi connectivity index (χ2v) is 6.10. The van der Waals surface area contributed by atoms with E-state index in [1.807, 2.05) is 28.9 Å². The molecule has 2 amide bonds. The molecule has 1 aromatic rings. The van der Waals surface area contributed by atoms with Gasteiger partial charge in [-0.15, -0.1) is 0 Å². The zero-order valence-corrected chi connectivity index (χ0v) is 13.8. The normalized spacial score (nSPS) is 15.5. The smallest absolute Gasteiger partial charge is 0.227 e. The maximum absolute atomic E-state index is 12.4. The highest BCUT2D eigenvalue weighted by Crippen LogP contribution is 2.12. The monoisotopic (exact) mass is 322 g/mol. The van der Waals surface area contributed by atoms with Crippen LogP contribution in [0.1, 0.15) is 31.7 Å². The molecule has 1 aliphatic heterocycles. The van der Waals surface area contributed by atoms with Crippen molar-refractivity contribution in [3.8, 4) is 0 Å². The molecule has 0 saturated carbocycles. The van der Waals surface area contributed by atoms with Crippen LogP contribution in [0.4, 0.5) is 0 Å². The average Bonchev–Trinajstić information content (AvgIpc) is 2.76. The molecule has 0 radical (unpaired) electrons. The van der Waals surface area contributed by atoms with Crippen LogP contribution in [-0.4, -0.2) is 47.8 Å². The number of nitrogens with zero attached hydrogens (tertiary/aromatic N) is 2. The van der Waals surface area contributed by atoms with E-state index in [0.717, 1.165) is 31.5 Å². The third-order valence-corrected chi connectivity index (χ3v) is 4.19. The lowest BCUT2D eigenvalue weighted by molar-refractivity contribution is -0.133. The van der Waals surface area contributed by atoms with Crippen molar-refractivity contribution in [1.29, 1.82) is 0 Å². The molecular formula is C17H23ClN2O2. The number of carbonyl (C=O) groups excluding carboxylic acids is 2. The summed E-state index contributed by atoms with van der Waals surface area (Å²) < 4.78 is 0. The van der Waals surface area contributed by atoms with Gasteiger partial charge in [-0.05, 0) is 30.5 Å². The fourth-order valence-electron chi connectivity index (χ4n) is 2.68. The van der Waals surface area contributed by atoms with Crippen LogP contribution in [0.3, 0.4) is 0 Å². The van der Waals surface area contributed by atoms with Gasteiger partial charge in [-0.25, -0.2) is 0 Å². The zero-order valence-electron chi connectivity index (χ0n) is 13.1. The van der Waals surface area contributed by atoms with Crippen molar-refractivity contribution in [2.24, 2.45) is 0 Å². The summed E-state index contributed by atoms with van der Waals surface area (Å²) in [6.07, 6.45) is 2.70. The lowest BCUT2D eigenvalue weighted by Crippen LogP contribution is -2.37. The Morgan fingerprint density at radius 2 is 1.59 bits per heavy atom. The lowest BCUT2D eigenvalue weighted by Gasteiger charge is -2.22. The number of halogens is 1. The number of benzene rings is 1. The minimum Gasteiger partial charge on any atom is -0.341 e. The molecule has 0 unspecified atom stereocenters. The molecule has 1 aromatic carbocycles. The fraction of sp³-hybridized carbons (Fsp3) is 0.529. The zero-order chi connectivity index (χ0) is 15.9. The first-order valence-corrected chi connectivity index (χ1v) is 8.28. The summed E-state index contributed by atoms with van der Waals surface area (Å²) in [7, 11) is 0. The summed E-state index contributed by atoms with van der Waals surface area (Å²) in [5.74, 6) is 0.321. The molecule has 0 aromatic heterocycles. The lowest BCUT2D eigenvalue weighted by atomic mass is 10.1. The van der Waals surface area contributed by atoms with E-state index < -0.39 is 0 Å². The maximum Gasteiger partial charge on any atom is 0.227 e. The highest BCUT2D eigenvalue weighted by molar-refractivity contribution is 6.30. The Morgan fingerprint density at radius 3 is 2.18 bits per heavy atom. The second kappa shape index (κ2) is 8.18. The molecule has 22 heavy (non-hydrogen) atoms. The summed E-state index contributed by atoms with van der Waals surface area (Å²) in [5.41, 5.74) is 0.970.